The summed E-state index contributed by atoms with van der Waals surface area (Å²) in [5.74, 6) is -2.27. The maximum absolute atomic E-state index is 16.9. The molecule has 0 spiro atoms. The molecule has 7 rings (SSSR count). The van der Waals surface area contributed by atoms with Crippen LogP contribution in [0.2, 0.25) is 0 Å². The summed E-state index contributed by atoms with van der Waals surface area (Å²) in [6.45, 7) is 8.10. The molecule has 2 aromatic heterocycles. The van der Waals surface area contributed by atoms with Crippen LogP contribution >= 0.6 is 11.3 Å². The van der Waals surface area contributed by atoms with Crippen molar-refractivity contribution in [3.63, 3.8) is 0 Å². The van der Waals surface area contributed by atoms with E-state index in [2.05, 4.69) is 26.4 Å². The zero-order chi connectivity index (χ0) is 34.7. The van der Waals surface area contributed by atoms with Crippen LogP contribution < -0.4 is 15.4 Å². The molecule has 0 bridgehead atoms. The van der Waals surface area contributed by atoms with Crippen LogP contribution in [-0.4, -0.2) is 96.3 Å². The van der Waals surface area contributed by atoms with Gasteiger partial charge in [-0.1, -0.05) is 17.9 Å². The molecule has 3 aliphatic rings. The van der Waals surface area contributed by atoms with Gasteiger partial charge in [0.25, 0.3) is 0 Å². The topological polar surface area (TPSA) is 110 Å². The van der Waals surface area contributed by atoms with Crippen molar-refractivity contribution in [3.05, 3.63) is 48.1 Å². The number of nitrogens with zero attached hydrogens (tertiary/aromatic N) is 6. The number of likely N-dealkylation sites (N-methyl/N-ethyl adjacent to an activating group) is 1. The summed E-state index contributed by atoms with van der Waals surface area (Å²) in [5, 5.41) is -0.271. The highest BCUT2D eigenvalue weighted by Crippen LogP contribution is 2.48. The second kappa shape index (κ2) is 12.6. The number of thiazole rings is 1. The monoisotopic (exact) mass is 703 g/mol. The highest BCUT2D eigenvalue weighted by Gasteiger charge is 2.45. The molecule has 2 aliphatic heterocycles. The van der Waals surface area contributed by atoms with Crippen molar-refractivity contribution in [2.75, 3.05) is 70.2 Å². The molecular weight excluding hydrogens is 669 g/mol. The van der Waals surface area contributed by atoms with E-state index in [1.807, 2.05) is 0 Å². The third-order valence-electron chi connectivity index (χ3n) is 9.64. The van der Waals surface area contributed by atoms with Gasteiger partial charge in [0, 0.05) is 67.7 Å². The summed E-state index contributed by atoms with van der Waals surface area (Å²) in [4.78, 5) is 30.8. The van der Waals surface area contributed by atoms with E-state index in [0.29, 0.717) is 26.2 Å². The molecule has 4 aromatic rings. The summed E-state index contributed by atoms with van der Waals surface area (Å²) >= 11 is 0.755. The Hall–Kier alpha value is -4.15. The van der Waals surface area contributed by atoms with Crippen LogP contribution in [0.4, 0.5) is 32.9 Å². The third-order valence-corrected chi connectivity index (χ3v) is 10.5. The highest BCUT2D eigenvalue weighted by atomic mass is 32.1. The SMILES string of the molecule is C=CC(=O)N1CC[C@@H](N(C)c2nc(OCC3(CN4CCOCC4)CC3)nc3c(F)c(-c4ccc(F)c5sc(N)nc45)c(C(F)(F)F)cc23)C1. The number of benzene rings is 2. The number of alkyl halides is 3. The fourth-order valence-corrected chi connectivity index (χ4v) is 7.51. The summed E-state index contributed by atoms with van der Waals surface area (Å²) in [5.41, 5.74) is 2.65. The number of morpholine rings is 1. The van der Waals surface area contributed by atoms with E-state index in [9.17, 15) is 22.4 Å². The van der Waals surface area contributed by atoms with E-state index in [-0.39, 0.29) is 68.6 Å². The molecular formula is C33H34F5N7O3S. The van der Waals surface area contributed by atoms with Gasteiger partial charge in [0.1, 0.15) is 17.2 Å². The van der Waals surface area contributed by atoms with Crippen molar-refractivity contribution < 1.29 is 36.2 Å². The molecule has 2 saturated heterocycles. The zero-order valence-corrected chi connectivity index (χ0v) is 27.5. The number of anilines is 2. The van der Waals surface area contributed by atoms with Gasteiger partial charge in [0.2, 0.25) is 5.91 Å². The Morgan fingerprint density at radius 1 is 1.18 bits per heavy atom. The maximum atomic E-state index is 16.9. The molecule has 16 heteroatoms. The van der Waals surface area contributed by atoms with Gasteiger partial charge < -0.3 is 25.0 Å². The van der Waals surface area contributed by atoms with Gasteiger partial charge in [-0.05, 0) is 43.5 Å². The molecule has 10 nitrogen and oxygen atoms in total. The average molecular weight is 704 g/mol. The number of fused-ring (bicyclic) bond motifs is 2. The number of amides is 1. The quantitative estimate of drug-likeness (QED) is 0.179. The molecule has 1 atom stereocenters. The van der Waals surface area contributed by atoms with E-state index >= 15 is 4.39 Å². The standard InChI is InChI=1S/C33H34F5N7O3S/c1-3-23(46)45-9-6-18(15-45)43(2)29-20-14-21(33(36,37)38)24(19-4-5-22(34)28-27(19)40-30(39)49-28)25(35)26(20)41-31(42-29)48-17-32(7-8-32)16-44-10-12-47-13-11-44/h3-5,14,18H,1,6-13,15-17H2,2H3,(H2,39,40)/t18-/m1/s1. The molecule has 3 fully saturated rings. The summed E-state index contributed by atoms with van der Waals surface area (Å²) in [6.07, 6.45) is -1.52. The number of nitrogen functional groups attached to an aromatic ring is 1. The minimum absolute atomic E-state index is 0.0223. The lowest BCUT2D eigenvalue weighted by molar-refractivity contribution is -0.137. The van der Waals surface area contributed by atoms with Crippen LogP contribution in [0.3, 0.4) is 0 Å². The normalized spacial score (nSPS) is 19.5. The lowest BCUT2D eigenvalue weighted by Gasteiger charge is -2.30. The summed E-state index contributed by atoms with van der Waals surface area (Å²) < 4.78 is 87.6. The summed E-state index contributed by atoms with van der Waals surface area (Å²) in [7, 11) is 1.64. The smallest absolute Gasteiger partial charge is 0.417 e. The number of likely N-dealkylation sites (tertiary alicyclic amines) is 1. The molecule has 0 radical (unpaired) electrons. The Bertz CT molecular complexity index is 1940. The van der Waals surface area contributed by atoms with Crippen LogP contribution in [0.25, 0.3) is 32.2 Å². The second-order valence-electron chi connectivity index (χ2n) is 12.9. The lowest BCUT2D eigenvalue weighted by atomic mass is 9.95. The number of aromatic nitrogens is 3. The van der Waals surface area contributed by atoms with Crippen molar-refractivity contribution in [1.29, 1.82) is 0 Å². The predicted octanol–water partition coefficient (Wildman–Crippen LogP) is 5.50. The minimum Gasteiger partial charge on any atom is -0.463 e. The third kappa shape index (κ3) is 6.36. The zero-order valence-electron chi connectivity index (χ0n) is 26.7. The highest BCUT2D eigenvalue weighted by molar-refractivity contribution is 7.22. The second-order valence-corrected chi connectivity index (χ2v) is 13.9. The number of ether oxygens (including phenoxy) is 2. The van der Waals surface area contributed by atoms with Gasteiger partial charge in [0.15, 0.2) is 10.9 Å². The van der Waals surface area contributed by atoms with Gasteiger partial charge in [-0.15, -0.1) is 0 Å². The minimum atomic E-state index is -5.03. The van der Waals surface area contributed by atoms with E-state index in [4.69, 9.17) is 15.2 Å². The molecule has 4 heterocycles. The fraction of sp³-hybridized carbons (Fsp3) is 0.455. The van der Waals surface area contributed by atoms with Crippen molar-refractivity contribution in [2.24, 2.45) is 5.41 Å². The molecule has 2 N–H and O–H groups in total. The van der Waals surface area contributed by atoms with E-state index in [1.54, 1.807) is 16.8 Å². The van der Waals surface area contributed by atoms with Crippen LogP contribution in [0, 0.1) is 17.0 Å². The Kier molecular flexibility index (Phi) is 8.59. The number of nitrogens with two attached hydrogens (primary N) is 1. The fourth-order valence-electron chi connectivity index (χ4n) is 6.74. The maximum Gasteiger partial charge on any atom is 0.417 e. The van der Waals surface area contributed by atoms with Crippen LogP contribution in [0.15, 0.2) is 30.9 Å². The number of carbonyl (C=O) groups excluding carboxylic acids is 1. The molecule has 2 aromatic carbocycles. The number of hydrogen-bond acceptors (Lipinski definition) is 10. The van der Waals surface area contributed by atoms with Crippen molar-refractivity contribution >= 4 is 49.3 Å². The number of hydrogen-bond donors (Lipinski definition) is 1. The summed E-state index contributed by atoms with van der Waals surface area (Å²) in [6, 6.07) is 2.31. The van der Waals surface area contributed by atoms with Crippen LogP contribution in [0.1, 0.15) is 24.8 Å². The van der Waals surface area contributed by atoms with Gasteiger partial charge in [-0.2, -0.15) is 23.1 Å². The van der Waals surface area contributed by atoms with E-state index in [0.717, 1.165) is 62.0 Å². The average Bonchev–Trinajstić information content (AvgIpc) is 3.45. The first-order valence-corrected chi connectivity index (χ1v) is 16.7. The number of rotatable bonds is 9. The van der Waals surface area contributed by atoms with Gasteiger partial charge >= 0.3 is 12.2 Å². The van der Waals surface area contributed by atoms with E-state index in [1.165, 1.54) is 6.08 Å². The molecule has 260 valence electrons. The molecule has 1 saturated carbocycles. The van der Waals surface area contributed by atoms with Crippen LogP contribution in [0.5, 0.6) is 6.01 Å². The molecule has 1 aliphatic carbocycles. The largest absolute Gasteiger partial charge is 0.463 e. The van der Waals surface area contributed by atoms with Crippen LogP contribution in [-0.2, 0) is 15.7 Å². The first kappa shape index (κ1) is 33.4. The van der Waals surface area contributed by atoms with Gasteiger partial charge in [0.05, 0.1) is 35.6 Å². The molecule has 1 amide bonds. The Morgan fingerprint density at radius 3 is 2.63 bits per heavy atom. The lowest BCUT2D eigenvalue weighted by Crippen LogP contribution is -2.41. The van der Waals surface area contributed by atoms with E-state index < -0.39 is 34.5 Å². The van der Waals surface area contributed by atoms with Gasteiger partial charge in [-0.25, -0.2) is 13.8 Å². The number of carbonyl (C=O) groups is 1. The predicted molar refractivity (Wildman–Crippen MR) is 175 cm³/mol. The van der Waals surface area contributed by atoms with Crippen molar-refractivity contribution in [2.45, 2.75) is 31.5 Å². The number of halogens is 5. The van der Waals surface area contributed by atoms with Crippen molar-refractivity contribution in [3.8, 4) is 17.1 Å². The molecule has 49 heavy (non-hydrogen) atoms. The Balaban J connectivity index is 1.35. The Morgan fingerprint density at radius 2 is 1.94 bits per heavy atom. The Labute approximate surface area is 282 Å². The van der Waals surface area contributed by atoms with Gasteiger partial charge in [-0.3, -0.25) is 9.69 Å². The first-order valence-electron chi connectivity index (χ1n) is 15.9. The van der Waals surface area contributed by atoms with Crippen molar-refractivity contribution in [1.82, 2.24) is 24.8 Å². The first-order chi connectivity index (χ1) is 23.4. The molecule has 0 unspecified atom stereocenters.